The van der Waals surface area contributed by atoms with E-state index >= 15 is 0 Å². The van der Waals surface area contributed by atoms with Gasteiger partial charge in [0.2, 0.25) is 0 Å². The molecule has 6 nitrogen and oxygen atoms in total. The predicted octanol–water partition coefficient (Wildman–Crippen LogP) is 5.13. The molecule has 0 spiro atoms. The minimum atomic E-state index is -0.740. The van der Waals surface area contributed by atoms with E-state index in [0.717, 1.165) is 0 Å². The fourth-order valence-corrected chi connectivity index (χ4v) is 3.88. The van der Waals surface area contributed by atoms with E-state index in [0.29, 0.717) is 32.3 Å². The lowest BCUT2D eigenvalue weighted by Gasteiger charge is -2.15. The van der Waals surface area contributed by atoms with Gasteiger partial charge in [-0.1, -0.05) is 23.2 Å². The fraction of sp³-hybridized carbons (Fsp3) is 0.0455. The van der Waals surface area contributed by atoms with Crippen LogP contribution in [-0.2, 0) is 0 Å². The van der Waals surface area contributed by atoms with Crippen LogP contribution in [-0.4, -0.2) is 21.4 Å². The average Bonchev–Trinajstić information content (AvgIpc) is 3.08. The van der Waals surface area contributed by atoms with Crippen molar-refractivity contribution in [3.63, 3.8) is 0 Å². The molecular formula is C22H15Cl2FN4O2. The second-order valence-corrected chi connectivity index (χ2v) is 7.68. The number of fused-ring (bicyclic) bond motifs is 1. The van der Waals surface area contributed by atoms with Gasteiger partial charge in [-0.05, 0) is 61.0 Å². The maximum Gasteiger partial charge on any atom is 0.272 e. The van der Waals surface area contributed by atoms with Gasteiger partial charge in [0.25, 0.3) is 11.8 Å². The van der Waals surface area contributed by atoms with Crippen molar-refractivity contribution in [2.24, 2.45) is 5.73 Å². The molecule has 0 unspecified atom stereocenters. The first-order valence-corrected chi connectivity index (χ1v) is 9.85. The molecular weight excluding hydrogens is 442 g/mol. The zero-order valence-electron chi connectivity index (χ0n) is 16.1. The van der Waals surface area contributed by atoms with Crippen molar-refractivity contribution in [3.05, 3.63) is 87.4 Å². The second-order valence-electron chi connectivity index (χ2n) is 6.84. The molecule has 156 valence electrons. The minimum absolute atomic E-state index is 0.0722. The van der Waals surface area contributed by atoms with Crippen molar-refractivity contribution in [3.8, 4) is 5.82 Å². The Hall–Kier alpha value is -3.42. The molecule has 0 saturated carbocycles. The monoisotopic (exact) mass is 456 g/mol. The Morgan fingerprint density at radius 3 is 2.61 bits per heavy atom. The van der Waals surface area contributed by atoms with Crippen molar-refractivity contribution >= 4 is 51.6 Å². The van der Waals surface area contributed by atoms with Gasteiger partial charge >= 0.3 is 0 Å². The lowest BCUT2D eigenvalue weighted by atomic mass is 10.1. The van der Waals surface area contributed by atoms with E-state index in [2.05, 4.69) is 10.3 Å². The lowest BCUT2D eigenvalue weighted by Crippen LogP contribution is -2.21. The number of nitrogens with zero attached hydrogens (tertiary/aromatic N) is 2. The van der Waals surface area contributed by atoms with Crippen LogP contribution in [0.5, 0.6) is 0 Å². The summed E-state index contributed by atoms with van der Waals surface area (Å²) in [7, 11) is 0. The SMILES string of the molecule is Cc1cc(Cl)cc(C(N)=O)c1NC(=O)c1cc2cc(F)ccc2n1-c1ncccc1Cl. The zero-order chi connectivity index (χ0) is 22.3. The molecule has 2 aromatic carbocycles. The number of halogens is 3. The molecule has 0 fully saturated rings. The van der Waals surface area contributed by atoms with E-state index in [1.807, 2.05) is 0 Å². The number of hydrogen-bond acceptors (Lipinski definition) is 3. The van der Waals surface area contributed by atoms with E-state index < -0.39 is 17.6 Å². The smallest absolute Gasteiger partial charge is 0.272 e. The number of carbonyl (C=O) groups is 2. The summed E-state index contributed by atoms with van der Waals surface area (Å²) < 4.78 is 15.4. The molecule has 0 aliphatic rings. The Morgan fingerprint density at radius 2 is 1.90 bits per heavy atom. The summed E-state index contributed by atoms with van der Waals surface area (Å²) in [6.07, 6.45) is 1.53. The molecule has 4 rings (SSSR count). The third-order valence-electron chi connectivity index (χ3n) is 4.75. The number of rotatable bonds is 4. The van der Waals surface area contributed by atoms with Gasteiger partial charge in [0.15, 0.2) is 5.82 Å². The number of aryl methyl sites for hydroxylation is 1. The molecule has 2 aromatic heterocycles. The van der Waals surface area contributed by atoms with E-state index in [-0.39, 0.29) is 16.9 Å². The maximum atomic E-state index is 13.8. The molecule has 0 atom stereocenters. The van der Waals surface area contributed by atoms with Crippen LogP contribution >= 0.6 is 23.2 Å². The highest BCUT2D eigenvalue weighted by molar-refractivity contribution is 6.32. The van der Waals surface area contributed by atoms with Gasteiger partial charge in [-0.2, -0.15) is 0 Å². The Labute approximate surface area is 186 Å². The van der Waals surface area contributed by atoms with Crippen LogP contribution in [0.4, 0.5) is 10.1 Å². The quantitative estimate of drug-likeness (QED) is 0.445. The van der Waals surface area contributed by atoms with Crippen molar-refractivity contribution in [1.82, 2.24) is 9.55 Å². The molecule has 0 radical (unpaired) electrons. The van der Waals surface area contributed by atoms with Crippen LogP contribution in [0.15, 0.2) is 54.7 Å². The Kier molecular flexibility index (Phi) is 5.39. The number of nitrogens with one attached hydrogen (secondary N) is 1. The first kappa shape index (κ1) is 20.8. The van der Waals surface area contributed by atoms with E-state index in [4.69, 9.17) is 28.9 Å². The van der Waals surface area contributed by atoms with Crippen LogP contribution in [0.25, 0.3) is 16.7 Å². The van der Waals surface area contributed by atoms with Crippen LogP contribution in [0, 0.1) is 12.7 Å². The summed E-state index contributed by atoms with van der Waals surface area (Å²) >= 11 is 12.4. The highest BCUT2D eigenvalue weighted by Crippen LogP contribution is 2.30. The Morgan fingerprint density at radius 1 is 1.13 bits per heavy atom. The number of pyridine rings is 1. The summed E-state index contributed by atoms with van der Waals surface area (Å²) in [4.78, 5) is 29.5. The standard InChI is InChI=1S/C22H15Cl2FN4O2/c1-11-7-13(23)10-15(20(26)30)19(11)28-22(31)18-9-12-8-14(25)4-5-17(12)29(18)21-16(24)3-2-6-27-21/h2-10H,1H3,(H2,26,30)(H,28,31). The van der Waals surface area contributed by atoms with Gasteiger partial charge in [0, 0.05) is 16.6 Å². The molecule has 3 N–H and O–H groups in total. The molecule has 4 aromatic rings. The molecule has 0 aliphatic carbocycles. The van der Waals surface area contributed by atoms with Gasteiger partial charge in [0.1, 0.15) is 11.5 Å². The topological polar surface area (TPSA) is 90.0 Å². The number of aromatic nitrogens is 2. The Bertz CT molecular complexity index is 1370. The zero-order valence-corrected chi connectivity index (χ0v) is 17.6. The van der Waals surface area contributed by atoms with Crippen LogP contribution in [0.2, 0.25) is 10.0 Å². The third kappa shape index (κ3) is 3.85. The van der Waals surface area contributed by atoms with Crippen molar-refractivity contribution < 1.29 is 14.0 Å². The lowest BCUT2D eigenvalue weighted by molar-refractivity contribution is 0.100. The molecule has 9 heteroatoms. The number of primary amides is 1. The number of carbonyl (C=O) groups excluding carboxylic acids is 2. The van der Waals surface area contributed by atoms with Gasteiger partial charge in [-0.3, -0.25) is 14.2 Å². The fourth-order valence-electron chi connectivity index (χ4n) is 3.40. The molecule has 0 aliphatic heterocycles. The summed E-state index contributed by atoms with van der Waals surface area (Å²) in [5.74, 6) is -1.45. The Balaban J connectivity index is 1.90. The number of nitrogens with two attached hydrogens (primary N) is 1. The van der Waals surface area contributed by atoms with Gasteiger partial charge in [0.05, 0.1) is 21.8 Å². The second kappa shape index (κ2) is 8.02. The van der Waals surface area contributed by atoms with Crippen molar-refractivity contribution in [2.45, 2.75) is 6.92 Å². The third-order valence-corrected chi connectivity index (χ3v) is 5.26. The highest BCUT2D eigenvalue weighted by Gasteiger charge is 2.22. The van der Waals surface area contributed by atoms with Crippen LogP contribution < -0.4 is 11.1 Å². The first-order valence-electron chi connectivity index (χ1n) is 9.09. The molecule has 0 bridgehead atoms. The van der Waals surface area contributed by atoms with Crippen LogP contribution in [0.1, 0.15) is 26.4 Å². The van der Waals surface area contributed by atoms with E-state index in [1.54, 1.807) is 25.1 Å². The largest absolute Gasteiger partial charge is 0.366 e. The normalized spacial score (nSPS) is 11.0. The molecule has 0 saturated heterocycles. The number of amides is 2. The predicted molar refractivity (Wildman–Crippen MR) is 119 cm³/mol. The minimum Gasteiger partial charge on any atom is -0.366 e. The number of anilines is 1. The molecule has 31 heavy (non-hydrogen) atoms. The highest BCUT2D eigenvalue weighted by atomic mass is 35.5. The van der Waals surface area contributed by atoms with Gasteiger partial charge in [-0.25, -0.2) is 9.37 Å². The number of benzene rings is 2. The molecule has 2 heterocycles. The summed E-state index contributed by atoms with van der Waals surface area (Å²) in [6.45, 7) is 1.69. The maximum absolute atomic E-state index is 13.8. The first-order chi connectivity index (χ1) is 14.8. The molecule has 2 amide bonds. The van der Waals surface area contributed by atoms with Crippen molar-refractivity contribution in [1.29, 1.82) is 0 Å². The summed E-state index contributed by atoms with van der Waals surface area (Å²) in [6, 6.07) is 11.9. The van der Waals surface area contributed by atoms with E-state index in [1.165, 1.54) is 41.1 Å². The van der Waals surface area contributed by atoms with Crippen molar-refractivity contribution in [2.75, 3.05) is 5.32 Å². The number of hydrogen-bond donors (Lipinski definition) is 2. The van der Waals surface area contributed by atoms with Crippen LogP contribution in [0.3, 0.4) is 0 Å². The van der Waals surface area contributed by atoms with E-state index in [9.17, 15) is 14.0 Å². The summed E-state index contributed by atoms with van der Waals surface area (Å²) in [5.41, 5.74) is 7.00. The van der Waals surface area contributed by atoms with Gasteiger partial charge in [-0.15, -0.1) is 0 Å². The van der Waals surface area contributed by atoms with Gasteiger partial charge < -0.3 is 11.1 Å². The summed E-state index contributed by atoms with van der Waals surface area (Å²) in [5, 5.41) is 3.82. The average molecular weight is 457 g/mol.